The third kappa shape index (κ3) is 8.70. The Kier molecular flexibility index (Phi) is 10.4. The molecule has 0 saturated heterocycles. The lowest BCUT2D eigenvalue weighted by Gasteiger charge is -2.12. The lowest BCUT2D eigenvalue weighted by Crippen LogP contribution is -2.09. The van der Waals surface area contributed by atoms with Gasteiger partial charge in [0.25, 0.3) is 0 Å². The monoisotopic (exact) mass is 427 g/mol. The van der Waals surface area contributed by atoms with E-state index in [0.717, 1.165) is 24.8 Å². The Morgan fingerprint density at radius 2 is 1.68 bits per heavy atom. The molecule has 0 bridgehead atoms. The van der Waals surface area contributed by atoms with Crippen molar-refractivity contribution in [3.63, 3.8) is 0 Å². The molecule has 0 atom stereocenters. The Morgan fingerprint density at radius 3 is 2.39 bits per heavy atom. The Bertz CT molecular complexity index is 850. The molecule has 0 aliphatic heterocycles. The number of benzene rings is 2. The van der Waals surface area contributed by atoms with E-state index in [4.69, 9.17) is 14.6 Å². The molecule has 31 heavy (non-hydrogen) atoms. The molecule has 0 aliphatic carbocycles. The minimum absolute atomic E-state index is 0.228. The fourth-order valence-corrected chi connectivity index (χ4v) is 3.27. The molecule has 6 heteroatoms. The second kappa shape index (κ2) is 13.3. The van der Waals surface area contributed by atoms with E-state index in [1.165, 1.54) is 32.8 Å². The molecule has 0 aliphatic rings. The second-order valence-corrected chi connectivity index (χ2v) is 7.57. The fraction of sp³-hybridized carbons (Fsp3) is 0.440. The van der Waals surface area contributed by atoms with Crippen molar-refractivity contribution < 1.29 is 24.2 Å². The van der Waals surface area contributed by atoms with Crippen molar-refractivity contribution >= 4 is 17.6 Å². The van der Waals surface area contributed by atoms with Crippen LogP contribution in [-0.2, 0) is 11.3 Å². The van der Waals surface area contributed by atoms with E-state index in [1.807, 2.05) is 18.2 Å². The molecule has 168 valence electrons. The van der Waals surface area contributed by atoms with Crippen LogP contribution in [0.5, 0.6) is 11.5 Å². The number of anilines is 1. The molecule has 0 amide bonds. The lowest BCUT2D eigenvalue weighted by atomic mass is 10.1. The summed E-state index contributed by atoms with van der Waals surface area (Å²) in [6, 6.07) is 12.0. The van der Waals surface area contributed by atoms with Crippen molar-refractivity contribution in [3.8, 4) is 11.5 Å². The van der Waals surface area contributed by atoms with Gasteiger partial charge in [-0.15, -0.1) is 0 Å². The molecule has 2 N–H and O–H groups in total. The molecule has 0 unspecified atom stereocenters. The van der Waals surface area contributed by atoms with Crippen LogP contribution >= 0.6 is 0 Å². The van der Waals surface area contributed by atoms with Crippen molar-refractivity contribution in [1.82, 2.24) is 0 Å². The van der Waals surface area contributed by atoms with Crippen LogP contribution in [0.2, 0.25) is 0 Å². The van der Waals surface area contributed by atoms with Crippen molar-refractivity contribution in [2.45, 2.75) is 64.8 Å². The first-order chi connectivity index (χ1) is 15.0. The summed E-state index contributed by atoms with van der Waals surface area (Å²) in [5.41, 5.74) is 1.86. The standard InChI is InChI=1S/C25H33NO5/c1-3-4-5-6-7-8-9-13-24(27)31-22-15-14-19(16-23(22)30-2)18-26-21-12-10-11-20(17-21)25(28)29/h10-12,14-17,26H,3-9,13,18H2,1-2H3,(H,28,29). The molecular weight excluding hydrogens is 394 g/mol. The SMILES string of the molecule is CCCCCCCCCC(=O)Oc1ccc(CNc2cccc(C(=O)O)c2)cc1OC. The van der Waals surface area contributed by atoms with E-state index >= 15 is 0 Å². The number of hydrogen-bond donors (Lipinski definition) is 2. The topological polar surface area (TPSA) is 84.9 Å². The van der Waals surface area contributed by atoms with E-state index in [9.17, 15) is 9.59 Å². The van der Waals surface area contributed by atoms with Crippen LogP contribution in [-0.4, -0.2) is 24.2 Å². The number of rotatable bonds is 14. The van der Waals surface area contributed by atoms with Gasteiger partial charge in [-0.05, 0) is 42.3 Å². The highest BCUT2D eigenvalue weighted by Crippen LogP contribution is 2.29. The van der Waals surface area contributed by atoms with Crippen LogP contribution in [0.3, 0.4) is 0 Å². The maximum Gasteiger partial charge on any atom is 0.335 e. The number of ether oxygens (including phenoxy) is 2. The second-order valence-electron chi connectivity index (χ2n) is 7.57. The summed E-state index contributed by atoms with van der Waals surface area (Å²) in [6.45, 7) is 2.68. The number of carbonyl (C=O) groups is 2. The number of carbonyl (C=O) groups excluding carboxylic acids is 1. The molecule has 2 aromatic rings. The van der Waals surface area contributed by atoms with E-state index < -0.39 is 5.97 Å². The number of carboxylic acid groups (broad SMARTS) is 1. The molecule has 0 radical (unpaired) electrons. The number of aromatic carboxylic acids is 1. The molecule has 0 spiro atoms. The van der Waals surface area contributed by atoms with Gasteiger partial charge in [-0.1, -0.05) is 57.6 Å². The third-order valence-corrected chi connectivity index (χ3v) is 5.04. The Labute approximate surface area is 184 Å². The van der Waals surface area contributed by atoms with Crippen LogP contribution in [0.15, 0.2) is 42.5 Å². The Morgan fingerprint density at radius 1 is 0.935 bits per heavy atom. The van der Waals surface area contributed by atoms with Crippen molar-refractivity contribution in [2.24, 2.45) is 0 Å². The summed E-state index contributed by atoms with van der Waals surface area (Å²) in [5, 5.41) is 12.3. The molecular formula is C25H33NO5. The number of nitrogens with one attached hydrogen (secondary N) is 1. The van der Waals surface area contributed by atoms with Crippen LogP contribution < -0.4 is 14.8 Å². The Hall–Kier alpha value is -3.02. The van der Waals surface area contributed by atoms with Gasteiger partial charge in [0.2, 0.25) is 0 Å². The number of esters is 1. The zero-order valence-corrected chi connectivity index (χ0v) is 18.5. The summed E-state index contributed by atoms with van der Waals surface area (Å²) in [5.74, 6) is -0.310. The maximum atomic E-state index is 12.2. The zero-order valence-electron chi connectivity index (χ0n) is 18.5. The summed E-state index contributed by atoms with van der Waals surface area (Å²) in [4.78, 5) is 23.2. The van der Waals surface area contributed by atoms with Gasteiger partial charge in [-0.25, -0.2) is 4.79 Å². The predicted molar refractivity (Wildman–Crippen MR) is 122 cm³/mol. The molecule has 2 rings (SSSR count). The minimum atomic E-state index is -0.965. The average Bonchev–Trinajstić information content (AvgIpc) is 2.78. The first kappa shape index (κ1) is 24.3. The fourth-order valence-electron chi connectivity index (χ4n) is 3.27. The van der Waals surface area contributed by atoms with E-state index in [0.29, 0.717) is 30.2 Å². The van der Waals surface area contributed by atoms with Crippen LogP contribution in [0, 0.1) is 0 Å². The normalized spacial score (nSPS) is 10.5. The molecule has 6 nitrogen and oxygen atoms in total. The highest BCUT2D eigenvalue weighted by atomic mass is 16.6. The van der Waals surface area contributed by atoms with Crippen LogP contribution in [0.4, 0.5) is 5.69 Å². The van der Waals surface area contributed by atoms with Gasteiger partial charge in [-0.2, -0.15) is 0 Å². The number of hydrogen-bond acceptors (Lipinski definition) is 5. The van der Waals surface area contributed by atoms with Crippen LogP contribution in [0.25, 0.3) is 0 Å². The largest absolute Gasteiger partial charge is 0.493 e. The first-order valence-corrected chi connectivity index (χ1v) is 11.0. The van der Waals surface area contributed by atoms with Gasteiger partial charge in [0, 0.05) is 18.7 Å². The molecule has 2 aromatic carbocycles. The zero-order chi connectivity index (χ0) is 22.5. The minimum Gasteiger partial charge on any atom is -0.493 e. The van der Waals surface area contributed by atoms with E-state index in [1.54, 1.807) is 24.3 Å². The number of carboxylic acids is 1. The smallest absolute Gasteiger partial charge is 0.335 e. The van der Waals surface area contributed by atoms with Crippen molar-refractivity contribution in [1.29, 1.82) is 0 Å². The van der Waals surface area contributed by atoms with Crippen molar-refractivity contribution in [2.75, 3.05) is 12.4 Å². The van der Waals surface area contributed by atoms with Gasteiger partial charge in [0.15, 0.2) is 11.5 Å². The van der Waals surface area contributed by atoms with E-state index in [-0.39, 0.29) is 11.5 Å². The summed E-state index contributed by atoms with van der Waals surface area (Å²) in [7, 11) is 1.54. The molecule has 0 saturated carbocycles. The van der Waals surface area contributed by atoms with Gasteiger partial charge in [0.1, 0.15) is 0 Å². The van der Waals surface area contributed by atoms with Gasteiger partial charge in [-0.3, -0.25) is 4.79 Å². The first-order valence-electron chi connectivity index (χ1n) is 11.0. The molecule has 0 fully saturated rings. The maximum absolute atomic E-state index is 12.2. The predicted octanol–water partition coefficient (Wildman–Crippen LogP) is 6.05. The van der Waals surface area contributed by atoms with E-state index in [2.05, 4.69) is 12.2 Å². The summed E-state index contributed by atoms with van der Waals surface area (Å²) in [6.07, 6.45) is 8.46. The van der Waals surface area contributed by atoms with Gasteiger partial charge < -0.3 is 19.9 Å². The quantitative estimate of drug-likeness (QED) is 0.217. The number of unbranched alkanes of at least 4 members (excludes halogenated alkanes) is 6. The average molecular weight is 428 g/mol. The van der Waals surface area contributed by atoms with Crippen LogP contribution in [0.1, 0.15) is 74.2 Å². The highest BCUT2D eigenvalue weighted by molar-refractivity contribution is 5.88. The number of methoxy groups -OCH3 is 1. The lowest BCUT2D eigenvalue weighted by molar-refractivity contribution is -0.134. The summed E-state index contributed by atoms with van der Waals surface area (Å²) >= 11 is 0. The van der Waals surface area contributed by atoms with Crippen molar-refractivity contribution in [3.05, 3.63) is 53.6 Å². The van der Waals surface area contributed by atoms with Gasteiger partial charge >= 0.3 is 11.9 Å². The summed E-state index contributed by atoms with van der Waals surface area (Å²) < 4.78 is 10.9. The highest BCUT2D eigenvalue weighted by Gasteiger charge is 2.11. The van der Waals surface area contributed by atoms with Gasteiger partial charge in [0.05, 0.1) is 12.7 Å². The molecule has 0 heterocycles. The Balaban J connectivity index is 1.83. The third-order valence-electron chi connectivity index (χ3n) is 5.04. The molecule has 0 aromatic heterocycles.